The molecule has 2 nitrogen and oxygen atoms in total. The van der Waals surface area contributed by atoms with E-state index in [0.717, 1.165) is 18.4 Å². The van der Waals surface area contributed by atoms with E-state index in [1.54, 1.807) is 11.3 Å². The highest BCUT2D eigenvalue weighted by molar-refractivity contribution is 7.07. The summed E-state index contributed by atoms with van der Waals surface area (Å²) in [7, 11) is 0. The average molecular weight is 280 g/mol. The van der Waals surface area contributed by atoms with Crippen LogP contribution in [0.25, 0.3) is 0 Å². The second-order valence-electron chi connectivity index (χ2n) is 6.23. The van der Waals surface area contributed by atoms with Crippen LogP contribution in [0.4, 0.5) is 0 Å². The van der Waals surface area contributed by atoms with E-state index in [9.17, 15) is 0 Å². The Kier molecular flexibility index (Phi) is 5.43. The fraction of sp³-hybridized carbons (Fsp3) is 0.750. The van der Waals surface area contributed by atoms with Gasteiger partial charge in [-0.25, -0.2) is 0 Å². The lowest BCUT2D eigenvalue weighted by Gasteiger charge is -2.35. The van der Waals surface area contributed by atoms with Crippen LogP contribution >= 0.6 is 11.3 Å². The molecule has 2 unspecified atom stereocenters. The molecule has 2 rings (SSSR count). The minimum atomic E-state index is 0.252. The summed E-state index contributed by atoms with van der Waals surface area (Å²) < 4.78 is 0. The molecule has 0 radical (unpaired) electrons. The van der Waals surface area contributed by atoms with E-state index in [1.807, 2.05) is 0 Å². The Hall–Kier alpha value is -0.380. The van der Waals surface area contributed by atoms with E-state index in [4.69, 9.17) is 5.73 Å². The summed E-state index contributed by atoms with van der Waals surface area (Å²) in [5.74, 6) is 0.766. The lowest BCUT2D eigenvalue weighted by Crippen LogP contribution is -2.42. The maximum Gasteiger partial charge on any atom is 0.0510 e. The molecule has 19 heavy (non-hydrogen) atoms. The Morgan fingerprint density at radius 3 is 2.63 bits per heavy atom. The summed E-state index contributed by atoms with van der Waals surface area (Å²) >= 11 is 1.79. The number of rotatable bonds is 8. The fourth-order valence-electron chi connectivity index (χ4n) is 2.71. The number of nitrogens with two attached hydrogens (primary N) is 1. The number of hydrogen-bond donors (Lipinski definition) is 1. The molecule has 0 spiro atoms. The molecule has 2 atom stereocenters. The maximum atomic E-state index is 6.44. The number of thiophene rings is 1. The topological polar surface area (TPSA) is 29.3 Å². The third kappa shape index (κ3) is 4.04. The van der Waals surface area contributed by atoms with Crippen LogP contribution in [0.2, 0.25) is 0 Å². The molecular weight excluding hydrogens is 252 g/mol. The molecule has 108 valence electrons. The van der Waals surface area contributed by atoms with Crippen molar-refractivity contribution in [2.75, 3.05) is 6.54 Å². The van der Waals surface area contributed by atoms with Gasteiger partial charge in [0, 0.05) is 12.1 Å². The first-order valence-electron chi connectivity index (χ1n) is 7.66. The summed E-state index contributed by atoms with van der Waals surface area (Å²) in [6, 6.07) is 3.71. The van der Waals surface area contributed by atoms with Crippen LogP contribution in [-0.2, 0) is 0 Å². The molecule has 0 amide bonds. The van der Waals surface area contributed by atoms with E-state index in [1.165, 1.54) is 31.4 Å². The second-order valence-corrected chi connectivity index (χ2v) is 7.01. The fourth-order valence-corrected chi connectivity index (χ4v) is 3.40. The van der Waals surface area contributed by atoms with Crippen molar-refractivity contribution >= 4 is 11.3 Å². The summed E-state index contributed by atoms with van der Waals surface area (Å²) in [5.41, 5.74) is 7.87. The molecule has 2 N–H and O–H groups in total. The van der Waals surface area contributed by atoms with Crippen molar-refractivity contribution in [2.24, 2.45) is 11.7 Å². The molecule has 0 aliphatic heterocycles. The highest BCUT2D eigenvalue weighted by Gasteiger charge is 2.36. The molecule has 1 saturated carbocycles. The summed E-state index contributed by atoms with van der Waals surface area (Å²) in [5, 5.41) is 4.46. The summed E-state index contributed by atoms with van der Waals surface area (Å²) in [4.78, 5) is 2.69. The highest BCUT2D eigenvalue weighted by atomic mass is 32.1. The van der Waals surface area contributed by atoms with Crippen molar-refractivity contribution < 1.29 is 0 Å². The van der Waals surface area contributed by atoms with Crippen LogP contribution in [0.3, 0.4) is 0 Å². The van der Waals surface area contributed by atoms with Gasteiger partial charge in [-0.1, -0.05) is 20.8 Å². The zero-order chi connectivity index (χ0) is 13.8. The number of nitrogens with zero attached hydrogens (tertiary/aromatic N) is 1. The van der Waals surface area contributed by atoms with Gasteiger partial charge in [0.1, 0.15) is 0 Å². The summed E-state index contributed by atoms with van der Waals surface area (Å²) in [6.45, 7) is 8.02. The van der Waals surface area contributed by atoms with Crippen molar-refractivity contribution in [3.05, 3.63) is 22.4 Å². The lowest BCUT2D eigenvalue weighted by atomic mass is 9.97. The molecule has 1 aromatic rings. The first-order chi connectivity index (χ1) is 9.13. The Bertz CT molecular complexity index is 357. The third-order valence-electron chi connectivity index (χ3n) is 4.10. The predicted molar refractivity (Wildman–Crippen MR) is 84.5 cm³/mol. The predicted octanol–water partition coefficient (Wildman–Crippen LogP) is 4.04. The van der Waals surface area contributed by atoms with Crippen molar-refractivity contribution in [3.8, 4) is 0 Å². The zero-order valence-corrected chi connectivity index (χ0v) is 13.3. The zero-order valence-electron chi connectivity index (χ0n) is 12.5. The Balaban J connectivity index is 2.13. The van der Waals surface area contributed by atoms with Gasteiger partial charge in [-0.2, -0.15) is 11.3 Å². The van der Waals surface area contributed by atoms with Crippen molar-refractivity contribution in [2.45, 2.75) is 64.6 Å². The van der Waals surface area contributed by atoms with E-state index in [0.29, 0.717) is 6.04 Å². The molecule has 1 heterocycles. The van der Waals surface area contributed by atoms with Crippen molar-refractivity contribution in [1.82, 2.24) is 4.90 Å². The van der Waals surface area contributed by atoms with Gasteiger partial charge < -0.3 is 5.73 Å². The molecule has 1 aliphatic carbocycles. The van der Waals surface area contributed by atoms with Crippen LogP contribution in [0.5, 0.6) is 0 Å². The molecule has 0 aromatic carbocycles. The SMILES string of the molecule is CCC(N)C(c1ccsc1)N(CCC(C)C)C1CC1. The molecule has 0 bridgehead atoms. The van der Waals surface area contributed by atoms with Gasteiger partial charge in [-0.15, -0.1) is 0 Å². The van der Waals surface area contributed by atoms with E-state index < -0.39 is 0 Å². The maximum absolute atomic E-state index is 6.44. The summed E-state index contributed by atoms with van der Waals surface area (Å²) in [6.07, 6.45) is 5.03. The smallest absolute Gasteiger partial charge is 0.0510 e. The van der Waals surface area contributed by atoms with Gasteiger partial charge >= 0.3 is 0 Å². The lowest BCUT2D eigenvalue weighted by molar-refractivity contribution is 0.151. The van der Waals surface area contributed by atoms with Gasteiger partial charge in [0.2, 0.25) is 0 Å². The van der Waals surface area contributed by atoms with Crippen LogP contribution in [0.1, 0.15) is 58.1 Å². The quantitative estimate of drug-likeness (QED) is 0.779. The third-order valence-corrected chi connectivity index (χ3v) is 4.80. The highest BCUT2D eigenvalue weighted by Crippen LogP contribution is 2.37. The first-order valence-corrected chi connectivity index (χ1v) is 8.61. The van der Waals surface area contributed by atoms with Crippen molar-refractivity contribution in [1.29, 1.82) is 0 Å². The Morgan fingerprint density at radius 1 is 1.42 bits per heavy atom. The molecule has 1 aromatic heterocycles. The van der Waals surface area contributed by atoms with E-state index in [-0.39, 0.29) is 6.04 Å². The molecule has 1 fully saturated rings. The standard InChI is InChI=1S/C16H28N2S/c1-4-15(17)16(13-8-10-19-11-13)18(14-5-6-14)9-7-12(2)3/h8,10-12,14-16H,4-7,9,17H2,1-3H3. The van der Waals surface area contributed by atoms with Crippen LogP contribution in [0.15, 0.2) is 16.8 Å². The van der Waals surface area contributed by atoms with E-state index in [2.05, 4.69) is 42.5 Å². The Morgan fingerprint density at radius 2 is 2.16 bits per heavy atom. The number of hydrogen-bond acceptors (Lipinski definition) is 3. The van der Waals surface area contributed by atoms with Gasteiger partial charge in [0.25, 0.3) is 0 Å². The van der Waals surface area contributed by atoms with Crippen LogP contribution < -0.4 is 5.73 Å². The molecular formula is C16H28N2S. The van der Waals surface area contributed by atoms with Gasteiger partial charge in [0.15, 0.2) is 0 Å². The van der Waals surface area contributed by atoms with Gasteiger partial charge in [0.05, 0.1) is 6.04 Å². The molecule has 3 heteroatoms. The molecule has 1 aliphatic rings. The average Bonchev–Trinajstić information content (AvgIpc) is 3.09. The van der Waals surface area contributed by atoms with Gasteiger partial charge in [-0.05, 0) is 60.5 Å². The second kappa shape index (κ2) is 6.87. The minimum absolute atomic E-state index is 0.252. The van der Waals surface area contributed by atoms with Crippen LogP contribution in [0, 0.1) is 5.92 Å². The van der Waals surface area contributed by atoms with Gasteiger partial charge in [-0.3, -0.25) is 4.90 Å². The minimum Gasteiger partial charge on any atom is -0.326 e. The first kappa shape index (κ1) is 15.0. The molecule has 0 saturated heterocycles. The van der Waals surface area contributed by atoms with Crippen LogP contribution in [-0.4, -0.2) is 23.5 Å². The normalized spacial score (nSPS) is 19.1. The monoisotopic (exact) mass is 280 g/mol. The Labute approximate surface area is 122 Å². The largest absolute Gasteiger partial charge is 0.326 e. The van der Waals surface area contributed by atoms with Crippen molar-refractivity contribution in [3.63, 3.8) is 0 Å². The van der Waals surface area contributed by atoms with E-state index >= 15 is 0 Å².